The first kappa shape index (κ1) is 15.3. The van der Waals surface area contributed by atoms with E-state index in [1.165, 1.54) is 6.20 Å². The summed E-state index contributed by atoms with van der Waals surface area (Å²) in [4.78, 5) is 40.6. The summed E-state index contributed by atoms with van der Waals surface area (Å²) in [5.74, 6) is -0.197. The number of aromatic nitrogens is 1. The van der Waals surface area contributed by atoms with Crippen LogP contribution in [-0.2, 0) is 4.79 Å². The number of pyridine rings is 1. The molecule has 0 bridgehead atoms. The molecule has 0 radical (unpaired) electrons. The maximum Gasteiger partial charge on any atom is 0.255 e. The van der Waals surface area contributed by atoms with E-state index in [-0.39, 0.29) is 23.4 Å². The Hall–Kier alpha value is -2.63. The molecular formula is C17H19N3O3. The predicted molar refractivity (Wildman–Crippen MR) is 87.3 cm³/mol. The van der Waals surface area contributed by atoms with Crippen LogP contribution in [0.25, 0.3) is 10.8 Å². The van der Waals surface area contributed by atoms with Crippen molar-refractivity contribution in [3.63, 3.8) is 0 Å². The number of hydrogen-bond donors (Lipinski definition) is 2. The van der Waals surface area contributed by atoms with Crippen LogP contribution in [0.4, 0.5) is 0 Å². The molecule has 2 amide bonds. The number of carbonyl (C=O) groups is 2. The third-order valence-electron chi connectivity index (χ3n) is 4.10. The third-order valence-corrected chi connectivity index (χ3v) is 4.10. The Labute approximate surface area is 133 Å². The number of carbonyl (C=O) groups excluding carboxylic acids is 2. The lowest BCUT2D eigenvalue weighted by atomic mass is 10.1. The molecule has 1 atom stereocenters. The molecule has 2 heterocycles. The lowest BCUT2D eigenvalue weighted by Gasteiger charge is -2.16. The Bertz CT molecular complexity index is 812. The minimum absolute atomic E-state index is 0.0727. The summed E-state index contributed by atoms with van der Waals surface area (Å²) >= 11 is 0. The second-order valence-electron chi connectivity index (χ2n) is 5.79. The second-order valence-corrected chi connectivity index (χ2v) is 5.79. The quantitative estimate of drug-likeness (QED) is 0.892. The van der Waals surface area contributed by atoms with E-state index in [0.717, 1.165) is 6.42 Å². The van der Waals surface area contributed by atoms with Gasteiger partial charge < -0.3 is 15.2 Å². The largest absolute Gasteiger partial charge is 0.347 e. The molecule has 2 aromatic rings. The Balaban J connectivity index is 1.81. The van der Waals surface area contributed by atoms with E-state index >= 15 is 0 Å². The van der Waals surface area contributed by atoms with Gasteiger partial charge in [-0.1, -0.05) is 25.1 Å². The zero-order valence-electron chi connectivity index (χ0n) is 13.0. The number of fused-ring (bicyclic) bond motifs is 1. The van der Waals surface area contributed by atoms with Crippen molar-refractivity contribution in [1.82, 2.24) is 15.2 Å². The van der Waals surface area contributed by atoms with E-state index < -0.39 is 0 Å². The van der Waals surface area contributed by atoms with Gasteiger partial charge in [0.25, 0.3) is 11.5 Å². The van der Waals surface area contributed by atoms with Crippen LogP contribution in [0.2, 0.25) is 0 Å². The van der Waals surface area contributed by atoms with Gasteiger partial charge >= 0.3 is 0 Å². The van der Waals surface area contributed by atoms with Gasteiger partial charge in [-0.2, -0.15) is 0 Å². The third kappa shape index (κ3) is 2.97. The zero-order valence-corrected chi connectivity index (χ0v) is 13.0. The first-order chi connectivity index (χ1) is 11.1. The zero-order chi connectivity index (χ0) is 16.4. The van der Waals surface area contributed by atoms with E-state index in [0.29, 0.717) is 35.8 Å². The highest BCUT2D eigenvalue weighted by Crippen LogP contribution is 2.16. The van der Waals surface area contributed by atoms with Crippen molar-refractivity contribution >= 4 is 22.6 Å². The fraction of sp³-hybridized carbons (Fsp3) is 0.353. The average molecular weight is 313 g/mol. The predicted octanol–water partition coefficient (Wildman–Crippen LogP) is 1.27. The van der Waals surface area contributed by atoms with Crippen molar-refractivity contribution in [3.8, 4) is 0 Å². The summed E-state index contributed by atoms with van der Waals surface area (Å²) in [6.45, 7) is 3.28. The van der Waals surface area contributed by atoms with Gasteiger partial charge in [0.15, 0.2) is 0 Å². The molecule has 1 aliphatic rings. The Morgan fingerprint density at radius 3 is 2.78 bits per heavy atom. The van der Waals surface area contributed by atoms with Crippen LogP contribution in [-0.4, -0.2) is 40.8 Å². The van der Waals surface area contributed by atoms with Crippen molar-refractivity contribution in [1.29, 1.82) is 0 Å². The first-order valence-electron chi connectivity index (χ1n) is 7.79. The normalized spacial score (nSPS) is 17.7. The summed E-state index contributed by atoms with van der Waals surface area (Å²) in [6, 6.07) is 6.81. The Morgan fingerprint density at radius 2 is 2.04 bits per heavy atom. The van der Waals surface area contributed by atoms with Crippen molar-refractivity contribution in [2.45, 2.75) is 25.8 Å². The van der Waals surface area contributed by atoms with Crippen molar-refractivity contribution in [2.75, 3.05) is 13.1 Å². The van der Waals surface area contributed by atoms with Crippen LogP contribution in [0.3, 0.4) is 0 Å². The molecular weight excluding hydrogens is 294 g/mol. The van der Waals surface area contributed by atoms with E-state index in [9.17, 15) is 14.4 Å². The number of nitrogens with one attached hydrogen (secondary N) is 2. The number of hydrogen-bond acceptors (Lipinski definition) is 3. The van der Waals surface area contributed by atoms with Crippen LogP contribution in [0.5, 0.6) is 0 Å². The van der Waals surface area contributed by atoms with Crippen molar-refractivity contribution < 1.29 is 9.59 Å². The summed E-state index contributed by atoms with van der Waals surface area (Å²) < 4.78 is 0. The highest BCUT2D eigenvalue weighted by molar-refractivity contribution is 6.06. The lowest BCUT2D eigenvalue weighted by Crippen LogP contribution is -2.37. The van der Waals surface area contributed by atoms with Crippen LogP contribution in [0.15, 0.2) is 35.3 Å². The van der Waals surface area contributed by atoms with Crippen molar-refractivity contribution in [2.24, 2.45) is 0 Å². The van der Waals surface area contributed by atoms with E-state index in [2.05, 4.69) is 10.3 Å². The summed E-state index contributed by atoms with van der Waals surface area (Å²) in [5, 5.41) is 4.00. The maximum atomic E-state index is 12.5. The van der Waals surface area contributed by atoms with Gasteiger partial charge in [-0.3, -0.25) is 14.4 Å². The number of H-pyrrole nitrogens is 1. The van der Waals surface area contributed by atoms with Gasteiger partial charge in [0.05, 0.1) is 11.6 Å². The minimum Gasteiger partial charge on any atom is -0.347 e. The highest BCUT2D eigenvalue weighted by atomic mass is 16.2. The van der Waals surface area contributed by atoms with Crippen LogP contribution in [0, 0.1) is 0 Å². The minimum atomic E-state index is -0.270. The molecule has 0 saturated carbocycles. The smallest absolute Gasteiger partial charge is 0.255 e. The molecule has 1 fully saturated rings. The SMILES string of the molecule is CCCN1CC(NC(=O)c2c[nH]c(=O)c3ccccc23)CC1=O. The molecule has 1 saturated heterocycles. The van der Waals surface area contributed by atoms with Crippen LogP contribution in [0.1, 0.15) is 30.1 Å². The molecule has 1 aromatic heterocycles. The number of nitrogens with zero attached hydrogens (tertiary/aromatic N) is 1. The summed E-state index contributed by atoms with van der Waals surface area (Å²) in [7, 11) is 0. The number of amides is 2. The average Bonchev–Trinajstić information content (AvgIpc) is 2.88. The van der Waals surface area contributed by atoms with Crippen LogP contribution < -0.4 is 10.9 Å². The number of likely N-dealkylation sites (tertiary alicyclic amines) is 1. The summed E-state index contributed by atoms with van der Waals surface area (Å²) in [6.07, 6.45) is 2.66. The molecule has 120 valence electrons. The lowest BCUT2D eigenvalue weighted by molar-refractivity contribution is -0.127. The molecule has 3 rings (SSSR count). The Morgan fingerprint density at radius 1 is 1.30 bits per heavy atom. The van der Waals surface area contributed by atoms with Crippen molar-refractivity contribution in [3.05, 3.63) is 46.4 Å². The summed E-state index contributed by atoms with van der Waals surface area (Å²) in [5.41, 5.74) is 0.198. The molecule has 1 unspecified atom stereocenters. The Kier molecular flexibility index (Phi) is 4.14. The van der Waals surface area contributed by atoms with Gasteiger partial charge in [0.2, 0.25) is 5.91 Å². The van der Waals surface area contributed by atoms with E-state index in [1.54, 1.807) is 29.2 Å². The van der Waals surface area contributed by atoms with Gasteiger partial charge in [0.1, 0.15) is 0 Å². The first-order valence-corrected chi connectivity index (χ1v) is 7.79. The molecule has 6 nitrogen and oxygen atoms in total. The molecule has 1 aromatic carbocycles. The number of aromatic amines is 1. The van der Waals surface area contributed by atoms with Gasteiger partial charge in [-0.05, 0) is 12.5 Å². The fourth-order valence-electron chi connectivity index (χ4n) is 3.02. The van der Waals surface area contributed by atoms with Gasteiger partial charge in [0, 0.05) is 36.5 Å². The van der Waals surface area contributed by atoms with Crippen LogP contribution >= 0.6 is 0 Å². The molecule has 1 aliphatic heterocycles. The number of rotatable bonds is 4. The molecule has 23 heavy (non-hydrogen) atoms. The standard InChI is InChI=1S/C17H19N3O3/c1-2-7-20-10-11(8-15(20)21)19-17(23)14-9-18-16(22)13-6-4-3-5-12(13)14/h3-6,9,11H,2,7-8,10H2,1H3,(H,18,22)(H,19,23). The van der Waals surface area contributed by atoms with Gasteiger partial charge in [-0.15, -0.1) is 0 Å². The molecule has 2 N–H and O–H groups in total. The van der Waals surface area contributed by atoms with Gasteiger partial charge in [-0.25, -0.2) is 0 Å². The maximum absolute atomic E-state index is 12.5. The molecule has 0 spiro atoms. The van der Waals surface area contributed by atoms with E-state index in [1.807, 2.05) is 6.92 Å². The van der Waals surface area contributed by atoms with E-state index in [4.69, 9.17) is 0 Å². The fourth-order valence-corrected chi connectivity index (χ4v) is 3.02. The molecule has 0 aliphatic carbocycles. The monoisotopic (exact) mass is 313 g/mol. The molecule has 6 heteroatoms. The highest BCUT2D eigenvalue weighted by Gasteiger charge is 2.30. The number of benzene rings is 1. The second kappa shape index (κ2) is 6.24. The topological polar surface area (TPSA) is 82.3 Å².